The van der Waals surface area contributed by atoms with E-state index in [-0.39, 0.29) is 17.3 Å². The summed E-state index contributed by atoms with van der Waals surface area (Å²) in [7, 11) is 0. The Balaban J connectivity index is 2.21. The first-order chi connectivity index (χ1) is 9.47. The smallest absolute Gasteiger partial charge is 0.271 e. The fraction of sp³-hybridized carbons (Fsp3) is 0.385. The van der Waals surface area contributed by atoms with Gasteiger partial charge in [-0.25, -0.2) is 0 Å². The van der Waals surface area contributed by atoms with Gasteiger partial charge in [0.05, 0.1) is 16.2 Å². The second-order valence-electron chi connectivity index (χ2n) is 4.98. The molecule has 0 spiro atoms. The molecule has 7 nitrogen and oxygen atoms in total. The minimum atomic E-state index is -0.498. The number of benzene rings is 1. The molecular weight excluding hydrogens is 260 g/mol. The first-order valence-electron chi connectivity index (χ1n) is 6.34. The third-order valence-corrected chi connectivity index (χ3v) is 2.89. The van der Waals surface area contributed by atoms with Crippen molar-refractivity contribution in [1.29, 1.82) is 0 Å². The van der Waals surface area contributed by atoms with Crippen LogP contribution in [0.25, 0.3) is 11.5 Å². The van der Waals surface area contributed by atoms with Gasteiger partial charge in [0.2, 0.25) is 0 Å². The number of hydrogen-bond donors (Lipinski definition) is 1. The summed E-state index contributed by atoms with van der Waals surface area (Å²) in [6.45, 7) is 4.24. The van der Waals surface area contributed by atoms with Gasteiger partial charge in [-0.3, -0.25) is 10.1 Å². The maximum absolute atomic E-state index is 10.7. The first kappa shape index (κ1) is 14.0. The van der Waals surface area contributed by atoms with Crippen LogP contribution in [0.2, 0.25) is 0 Å². The van der Waals surface area contributed by atoms with Gasteiger partial charge in [0.25, 0.3) is 11.6 Å². The first-order valence-corrected chi connectivity index (χ1v) is 6.34. The number of nitrogens with two attached hydrogens (primary N) is 1. The zero-order chi connectivity index (χ0) is 14.7. The van der Waals surface area contributed by atoms with Crippen LogP contribution in [0.3, 0.4) is 0 Å². The summed E-state index contributed by atoms with van der Waals surface area (Å²) in [5.41, 5.74) is 6.49. The fourth-order valence-electron chi connectivity index (χ4n) is 1.74. The van der Waals surface area contributed by atoms with Crippen LogP contribution in [0.1, 0.15) is 26.1 Å². The predicted octanol–water partition coefficient (Wildman–Crippen LogP) is 2.82. The molecule has 20 heavy (non-hydrogen) atoms. The normalized spacial score (nSPS) is 10.9. The van der Waals surface area contributed by atoms with Gasteiger partial charge < -0.3 is 10.3 Å². The fourth-order valence-corrected chi connectivity index (χ4v) is 1.74. The van der Waals surface area contributed by atoms with Crippen molar-refractivity contribution in [2.75, 3.05) is 5.73 Å². The maximum Gasteiger partial charge on any atom is 0.271 e. The largest absolute Gasteiger partial charge is 0.398 e. The molecule has 0 amide bonds. The molecule has 0 aliphatic rings. The molecule has 0 aliphatic carbocycles. The number of nitrogens with zero attached hydrogens (tertiary/aromatic N) is 3. The van der Waals surface area contributed by atoms with Gasteiger partial charge in [-0.2, -0.15) is 4.98 Å². The molecule has 1 aromatic carbocycles. The van der Waals surface area contributed by atoms with Gasteiger partial charge in [-0.15, -0.1) is 0 Å². The van der Waals surface area contributed by atoms with E-state index in [0.29, 0.717) is 17.3 Å². The van der Waals surface area contributed by atoms with Crippen LogP contribution in [0.4, 0.5) is 11.4 Å². The Bertz CT molecular complexity index is 622. The minimum absolute atomic E-state index is 0.0641. The lowest BCUT2D eigenvalue weighted by Crippen LogP contribution is -1.95. The molecule has 0 fully saturated rings. The molecule has 0 unspecified atom stereocenters. The van der Waals surface area contributed by atoms with Gasteiger partial charge in [-0.1, -0.05) is 19.0 Å². The number of rotatable bonds is 5. The maximum atomic E-state index is 10.7. The second kappa shape index (κ2) is 5.68. The van der Waals surface area contributed by atoms with Crippen LogP contribution in [-0.2, 0) is 6.42 Å². The van der Waals surface area contributed by atoms with Gasteiger partial charge >= 0.3 is 0 Å². The van der Waals surface area contributed by atoms with Crippen LogP contribution in [0.5, 0.6) is 0 Å². The van der Waals surface area contributed by atoms with Crippen LogP contribution in [0, 0.1) is 16.0 Å². The topological polar surface area (TPSA) is 108 Å². The van der Waals surface area contributed by atoms with E-state index in [0.717, 1.165) is 12.8 Å². The van der Waals surface area contributed by atoms with Crippen molar-refractivity contribution in [2.24, 2.45) is 5.92 Å². The summed E-state index contributed by atoms with van der Waals surface area (Å²) in [6.07, 6.45) is 1.70. The summed E-state index contributed by atoms with van der Waals surface area (Å²) >= 11 is 0. The molecule has 2 N–H and O–H groups in total. The highest BCUT2D eigenvalue weighted by molar-refractivity contribution is 5.72. The zero-order valence-corrected chi connectivity index (χ0v) is 11.4. The van der Waals surface area contributed by atoms with Crippen LogP contribution < -0.4 is 5.73 Å². The summed E-state index contributed by atoms with van der Waals surface area (Å²) in [4.78, 5) is 14.4. The third kappa shape index (κ3) is 3.11. The summed E-state index contributed by atoms with van der Waals surface area (Å²) in [5.74, 6) is 1.46. The average Bonchev–Trinajstić information content (AvgIpc) is 2.84. The molecule has 0 bridgehead atoms. The van der Waals surface area contributed by atoms with E-state index >= 15 is 0 Å². The summed E-state index contributed by atoms with van der Waals surface area (Å²) in [6, 6.07) is 4.17. The van der Waals surface area contributed by atoms with Crippen molar-refractivity contribution < 1.29 is 9.45 Å². The van der Waals surface area contributed by atoms with E-state index in [1.54, 1.807) is 0 Å². The van der Waals surface area contributed by atoms with Crippen molar-refractivity contribution in [3.8, 4) is 11.5 Å². The molecule has 1 heterocycles. The molecule has 0 aliphatic heterocycles. The van der Waals surface area contributed by atoms with Crippen molar-refractivity contribution in [1.82, 2.24) is 10.1 Å². The molecule has 0 atom stereocenters. The molecule has 2 aromatic rings. The monoisotopic (exact) mass is 276 g/mol. The second-order valence-corrected chi connectivity index (χ2v) is 4.98. The SMILES string of the molecule is CC(C)CCc1noc(-c2ccc([N+](=O)[O-])cc2N)n1. The van der Waals surface area contributed by atoms with E-state index in [1.165, 1.54) is 18.2 Å². The van der Waals surface area contributed by atoms with Crippen LogP contribution in [-0.4, -0.2) is 15.1 Å². The van der Waals surface area contributed by atoms with Crippen molar-refractivity contribution >= 4 is 11.4 Å². The Hall–Kier alpha value is -2.44. The number of nitro benzene ring substituents is 1. The lowest BCUT2D eigenvalue weighted by molar-refractivity contribution is -0.384. The number of aryl methyl sites for hydroxylation is 1. The summed E-state index contributed by atoms with van der Waals surface area (Å²) < 4.78 is 5.15. The van der Waals surface area contributed by atoms with E-state index in [2.05, 4.69) is 24.0 Å². The zero-order valence-electron chi connectivity index (χ0n) is 11.4. The van der Waals surface area contributed by atoms with Gasteiger partial charge in [-0.05, 0) is 18.4 Å². The van der Waals surface area contributed by atoms with E-state index in [9.17, 15) is 10.1 Å². The number of nitrogen functional groups attached to an aromatic ring is 1. The van der Waals surface area contributed by atoms with Crippen molar-refractivity contribution in [3.63, 3.8) is 0 Å². The Kier molecular flexibility index (Phi) is 3.97. The molecule has 0 saturated heterocycles. The number of hydrogen-bond acceptors (Lipinski definition) is 6. The predicted molar refractivity (Wildman–Crippen MR) is 74.0 cm³/mol. The van der Waals surface area contributed by atoms with Gasteiger partial charge in [0.15, 0.2) is 5.82 Å². The average molecular weight is 276 g/mol. The third-order valence-electron chi connectivity index (χ3n) is 2.89. The Morgan fingerprint density at radius 2 is 2.20 bits per heavy atom. The van der Waals surface area contributed by atoms with Crippen LogP contribution in [0.15, 0.2) is 22.7 Å². The lowest BCUT2D eigenvalue weighted by atomic mass is 10.1. The van der Waals surface area contributed by atoms with E-state index in [1.807, 2.05) is 0 Å². The van der Waals surface area contributed by atoms with Crippen LogP contribution >= 0.6 is 0 Å². The molecule has 0 saturated carbocycles. The highest BCUT2D eigenvalue weighted by Crippen LogP contribution is 2.28. The molecule has 2 rings (SSSR count). The molecule has 0 radical (unpaired) electrons. The standard InChI is InChI=1S/C13H16N4O3/c1-8(2)3-6-12-15-13(20-16-12)10-5-4-9(17(18)19)7-11(10)14/h4-5,7-8H,3,6,14H2,1-2H3. The summed E-state index contributed by atoms with van der Waals surface area (Å²) in [5, 5.41) is 14.5. The number of anilines is 1. The Labute approximate surface area is 115 Å². The quantitative estimate of drug-likeness (QED) is 0.511. The molecule has 1 aromatic heterocycles. The lowest BCUT2D eigenvalue weighted by Gasteiger charge is -2.00. The number of nitro groups is 1. The van der Waals surface area contributed by atoms with Crippen molar-refractivity contribution in [3.05, 3.63) is 34.1 Å². The van der Waals surface area contributed by atoms with Gasteiger partial charge in [0.1, 0.15) is 0 Å². The Morgan fingerprint density at radius 3 is 2.80 bits per heavy atom. The highest BCUT2D eigenvalue weighted by Gasteiger charge is 2.15. The Morgan fingerprint density at radius 1 is 1.45 bits per heavy atom. The minimum Gasteiger partial charge on any atom is -0.398 e. The van der Waals surface area contributed by atoms with Gasteiger partial charge in [0, 0.05) is 18.6 Å². The molecule has 106 valence electrons. The molecule has 7 heteroatoms. The van der Waals surface area contributed by atoms with E-state index < -0.39 is 4.92 Å². The van der Waals surface area contributed by atoms with Crippen molar-refractivity contribution in [2.45, 2.75) is 26.7 Å². The number of non-ortho nitro benzene ring substituents is 1. The van der Waals surface area contributed by atoms with E-state index in [4.69, 9.17) is 10.3 Å². The molecular formula is C13H16N4O3. The highest BCUT2D eigenvalue weighted by atomic mass is 16.6. The number of aromatic nitrogens is 2.